The normalized spacial score (nSPS) is 47.9. The maximum atomic E-state index is 13.5. The lowest BCUT2D eigenvalue weighted by Gasteiger charge is -2.72. The fourth-order valence-corrected chi connectivity index (χ4v) is 11.6. The highest BCUT2D eigenvalue weighted by Gasteiger charge is 2.72. The summed E-state index contributed by atoms with van der Waals surface area (Å²) in [6, 6.07) is 0. The van der Waals surface area contributed by atoms with E-state index in [0.717, 1.165) is 63.4 Å². The third-order valence-electron chi connectivity index (χ3n) is 13.6. The maximum Gasteiger partial charge on any atom is 0.312 e. The first kappa shape index (κ1) is 26.8. The molecule has 6 nitrogen and oxygen atoms in total. The average Bonchev–Trinajstić information content (AvgIpc) is 3.26. The number of azide groups is 1. The van der Waals surface area contributed by atoms with Gasteiger partial charge in [-0.3, -0.25) is 9.59 Å². The number of esters is 1. The first-order valence-corrected chi connectivity index (χ1v) is 14.6. The molecule has 37 heavy (non-hydrogen) atoms. The number of hydrogen-bond acceptors (Lipinski definition) is 4. The molecule has 0 aromatic carbocycles. The summed E-state index contributed by atoms with van der Waals surface area (Å²) < 4.78 is 5.49. The van der Waals surface area contributed by atoms with Gasteiger partial charge in [-0.15, -0.1) is 0 Å². The Bertz CT molecular complexity index is 1060. The maximum absolute atomic E-state index is 13.5. The fraction of sp³-hybridized carbons (Fsp3) is 0.871. The summed E-state index contributed by atoms with van der Waals surface area (Å²) in [5.74, 6) is 2.22. The quantitative estimate of drug-likeness (QED) is 0.128. The number of hydrogen-bond donors (Lipinski definition) is 0. The van der Waals surface area contributed by atoms with Crippen LogP contribution in [0, 0.1) is 56.7 Å². The highest BCUT2D eigenvalue weighted by molar-refractivity contribution is 5.85. The molecule has 0 radical (unpaired) electrons. The molecule has 5 rings (SSSR count). The minimum absolute atomic E-state index is 0.0471. The Morgan fingerprint density at radius 1 is 1.00 bits per heavy atom. The van der Waals surface area contributed by atoms with Crippen LogP contribution in [0.15, 0.2) is 17.3 Å². The number of methoxy groups -OCH3 is 1. The minimum Gasteiger partial charge on any atom is -0.469 e. The lowest BCUT2D eigenvalue weighted by molar-refractivity contribution is -0.235. The molecule has 6 heteroatoms. The van der Waals surface area contributed by atoms with Crippen molar-refractivity contribution in [3.05, 3.63) is 22.6 Å². The van der Waals surface area contributed by atoms with Gasteiger partial charge in [0.1, 0.15) is 5.78 Å². The number of carbonyl (C=O) groups excluding carboxylic acids is 2. The van der Waals surface area contributed by atoms with Crippen molar-refractivity contribution in [3.8, 4) is 0 Å². The van der Waals surface area contributed by atoms with Crippen LogP contribution in [0.3, 0.4) is 0 Å². The smallest absolute Gasteiger partial charge is 0.312 e. The first-order chi connectivity index (χ1) is 17.3. The third kappa shape index (κ3) is 3.33. The lowest BCUT2D eigenvalue weighted by Crippen LogP contribution is -2.66. The van der Waals surface area contributed by atoms with E-state index in [-0.39, 0.29) is 39.5 Å². The molecule has 0 heterocycles. The van der Waals surface area contributed by atoms with Gasteiger partial charge in [0, 0.05) is 23.3 Å². The zero-order chi connectivity index (χ0) is 27.0. The van der Waals surface area contributed by atoms with E-state index in [2.05, 4.69) is 51.2 Å². The van der Waals surface area contributed by atoms with Gasteiger partial charge in [0.15, 0.2) is 0 Å². The minimum atomic E-state index is -0.452. The van der Waals surface area contributed by atoms with E-state index in [4.69, 9.17) is 10.3 Å². The van der Waals surface area contributed by atoms with Crippen molar-refractivity contribution in [1.82, 2.24) is 0 Å². The molecular formula is C31H47N3O3. The second-order valence-electron chi connectivity index (χ2n) is 14.7. The van der Waals surface area contributed by atoms with E-state index in [1.165, 1.54) is 7.11 Å². The van der Waals surface area contributed by atoms with Crippen LogP contribution in [0.1, 0.15) is 98.8 Å². The van der Waals surface area contributed by atoms with E-state index in [0.29, 0.717) is 36.5 Å². The number of ether oxygens (including phenoxy) is 1. The topological polar surface area (TPSA) is 92.1 Å². The Hall–Kier alpha value is -1.81. The molecule has 0 N–H and O–H groups in total. The third-order valence-corrected chi connectivity index (χ3v) is 13.6. The van der Waals surface area contributed by atoms with Crippen molar-refractivity contribution in [2.24, 2.45) is 61.8 Å². The molecule has 5 fully saturated rings. The van der Waals surface area contributed by atoms with Gasteiger partial charge in [0.05, 0.1) is 12.5 Å². The number of rotatable bonds is 4. The van der Waals surface area contributed by atoms with Gasteiger partial charge in [-0.05, 0) is 109 Å². The second kappa shape index (κ2) is 8.60. The van der Waals surface area contributed by atoms with E-state index >= 15 is 0 Å². The largest absolute Gasteiger partial charge is 0.469 e. The lowest BCUT2D eigenvalue weighted by atomic mass is 9.32. The van der Waals surface area contributed by atoms with Crippen molar-refractivity contribution in [2.75, 3.05) is 13.7 Å². The molecule has 0 saturated heterocycles. The SMILES string of the molecule is C=C(CN=[N+]=[N-])[C@@H]1CC[C@]2(C(=O)OC)CC[C@]3(C)[C@H](CC[C@@H]4[C@@]5(C)CCC(=O)C(C)(C)[C@@H]5CC[C@]43C)[C@@H]12. The molecule has 9 atom stereocenters. The van der Waals surface area contributed by atoms with E-state index in [9.17, 15) is 9.59 Å². The van der Waals surface area contributed by atoms with Crippen LogP contribution in [0.5, 0.6) is 0 Å². The number of Topliss-reactive ketones (excluding diaryl/α,β-unsaturated/α-hetero) is 1. The predicted molar refractivity (Wildman–Crippen MR) is 144 cm³/mol. The molecule has 0 aromatic heterocycles. The monoisotopic (exact) mass is 509 g/mol. The molecule has 0 aromatic rings. The Morgan fingerprint density at radius 3 is 2.41 bits per heavy atom. The van der Waals surface area contributed by atoms with Gasteiger partial charge >= 0.3 is 5.97 Å². The van der Waals surface area contributed by atoms with Gasteiger partial charge < -0.3 is 4.74 Å². The Morgan fingerprint density at radius 2 is 1.73 bits per heavy atom. The summed E-state index contributed by atoms with van der Waals surface area (Å²) >= 11 is 0. The number of fused-ring (bicyclic) bond motifs is 7. The molecule has 5 aliphatic rings. The summed E-state index contributed by atoms with van der Waals surface area (Å²) in [6.45, 7) is 16.7. The Balaban J connectivity index is 1.56. The van der Waals surface area contributed by atoms with Gasteiger partial charge in [0.25, 0.3) is 0 Å². The molecule has 0 unspecified atom stereocenters. The second-order valence-corrected chi connectivity index (χ2v) is 14.7. The zero-order valence-electron chi connectivity index (χ0n) is 23.9. The van der Waals surface area contributed by atoms with Crippen molar-refractivity contribution < 1.29 is 14.3 Å². The van der Waals surface area contributed by atoms with Crippen molar-refractivity contribution in [3.63, 3.8) is 0 Å². The van der Waals surface area contributed by atoms with Gasteiger partial charge in [-0.2, -0.15) is 0 Å². The van der Waals surface area contributed by atoms with E-state index in [1.807, 2.05) is 0 Å². The van der Waals surface area contributed by atoms with Gasteiger partial charge in [-0.25, -0.2) is 0 Å². The number of carbonyl (C=O) groups is 2. The molecule has 204 valence electrons. The van der Waals surface area contributed by atoms with Gasteiger partial charge in [-0.1, -0.05) is 51.9 Å². The molecule has 5 saturated carbocycles. The van der Waals surface area contributed by atoms with Gasteiger partial charge in [0.2, 0.25) is 0 Å². The van der Waals surface area contributed by atoms with Crippen molar-refractivity contribution in [2.45, 2.75) is 98.8 Å². The van der Waals surface area contributed by atoms with E-state index < -0.39 is 5.41 Å². The molecule has 0 amide bonds. The van der Waals surface area contributed by atoms with Crippen LogP contribution in [0.4, 0.5) is 0 Å². The summed E-state index contributed by atoms with van der Waals surface area (Å²) in [7, 11) is 1.54. The van der Waals surface area contributed by atoms with Crippen molar-refractivity contribution in [1.29, 1.82) is 0 Å². The van der Waals surface area contributed by atoms with Crippen LogP contribution in [0.25, 0.3) is 10.4 Å². The van der Waals surface area contributed by atoms with Crippen LogP contribution < -0.4 is 0 Å². The molecule has 0 aliphatic heterocycles. The summed E-state index contributed by atoms with van der Waals surface area (Å²) in [5, 5.41) is 3.85. The summed E-state index contributed by atoms with van der Waals surface area (Å²) in [5.41, 5.74) is 9.69. The van der Waals surface area contributed by atoms with E-state index in [1.54, 1.807) is 0 Å². The summed E-state index contributed by atoms with van der Waals surface area (Å²) in [6.07, 6.45) is 9.96. The summed E-state index contributed by atoms with van der Waals surface area (Å²) in [4.78, 5) is 29.5. The van der Waals surface area contributed by atoms with Crippen LogP contribution in [0.2, 0.25) is 0 Å². The molecule has 0 spiro atoms. The van der Waals surface area contributed by atoms with Crippen LogP contribution in [-0.2, 0) is 14.3 Å². The van der Waals surface area contributed by atoms with Crippen LogP contribution >= 0.6 is 0 Å². The molecule has 0 bridgehead atoms. The fourth-order valence-electron chi connectivity index (χ4n) is 11.6. The highest BCUT2D eigenvalue weighted by atomic mass is 16.5. The van der Waals surface area contributed by atoms with Crippen LogP contribution in [-0.4, -0.2) is 25.4 Å². The first-order valence-electron chi connectivity index (χ1n) is 14.6. The zero-order valence-corrected chi connectivity index (χ0v) is 23.9. The number of nitrogens with zero attached hydrogens (tertiary/aromatic N) is 3. The predicted octanol–water partition coefficient (Wildman–Crippen LogP) is 7.68. The van der Waals surface area contributed by atoms with Crippen molar-refractivity contribution >= 4 is 11.8 Å². The molecule has 5 aliphatic carbocycles. The highest BCUT2D eigenvalue weighted by Crippen LogP contribution is 2.77. The number of ketones is 1. The standard InChI is InChI=1S/C31H47N3O3/c1-19(18-33-34-32)20-10-15-31(26(36)37-7)17-16-29(5)21(25(20)31)8-9-23-28(4)13-12-24(35)27(2,3)22(28)11-14-30(23,29)6/h20-23,25H,1,8-18H2,2-7H3/t20-,21+,22-,23+,25+,28-,29+,30+,31-/m0/s1. The molecular weight excluding hydrogens is 462 g/mol. The Labute approximate surface area is 223 Å². The Kier molecular flexibility index (Phi) is 6.22. The average molecular weight is 510 g/mol.